The summed E-state index contributed by atoms with van der Waals surface area (Å²) in [6.45, 7) is 0.622. The minimum atomic E-state index is -4.13. The van der Waals surface area contributed by atoms with Crippen LogP contribution >= 0.6 is 0 Å². The first-order chi connectivity index (χ1) is 8.66. The molecule has 19 heavy (non-hydrogen) atoms. The molecule has 0 aliphatic carbocycles. The van der Waals surface area contributed by atoms with Gasteiger partial charge in [-0.3, -0.25) is 4.90 Å². The van der Waals surface area contributed by atoms with Gasteiger partial charge in [0.05, 0.1) is 12.3 Å². The summed E-state index contributed by atoms with van der Waals surface area (Å²) in [6, 6.07) is 0.198. The van der Waals surface area contributed by atoms with Crippen LogP contribution in [-0.2, 0) is 9.84 Å². The lowest BCUT2D eigenvalue weighted by molar-refractivity contribution is -0.148. The van der Waals surface area contributed by atoms with E-state index in [0.717, 1.165) is 0 Å². The second kappa shape index (κ2) is 6.90. The molecule has 0 spiro atoms. The molecule has 4 nitrogen and oxygen atoms in total. The summed E-state index contributed by atoms with van der Waals surface area (Å²) in [4.78, 5) is 1.41. The van der Waals surface area contributed by atoms with E-state index in [2.05, 4.69) is 5.32 Å². The van der Waals surface area contributed by atoms with Crippen molar-refractivity contribution in [3.63, 3.8) is 0 Å². The monoisotopic (exact) mass is 302 g/mol. The zero-order valence-electron chi connectivity index (χ0n) is 11.0. The van der Waals surface area contributed by atoms with Crippen molar-refractivity contribution in [1.82, 2.24) is 10.2 Å². The zero-order valence-corrected chi connectivity index (χ0v) is 11.9. The zero-order chi connectivity index (χ0) is 14.5. The van der Waals surface area contributed by atoms with E-state index in [1.807, 2.05) is 0 Å². The number of nitrogens with zero attached hydrogens (tertiary/aromatic N) is 1. The van der Waals surface area contributed by atoms with Crippen LogP contribution in [0.2, 0.25) is 0 Å². The molecule has 0 aromatic carbocycles. The van der Waals surface area contributed by atoms with E-state index >= 15 is 0 Å². The van der Waals surface area contributed by atoms with E-state index in [9.17, 15) is 21.6 Å². The maximum atomic E-state index is 12.2. The van der Waals surface area contributed by atoms with Crippen LogP contribution in [0.5, 0.6) is 0 Å². The van der Waals surface area contributed by atoms with Crippen molar-refractivity contribution in [2.75, 3.05) is 38.2 Å². The molecule has 0 saturated carbocycles. The van der Waals surface area contributed by atoms with E-state index < -0.39 is 22.6 Å². The van der Waals surface area contributed by atoms with Crippen LogP contribution in [0, 0.1) is 0 Å². The molecular weight excluding hydrogens is 281 g/mol. The van der Waals surface area contributed by atoms with Gasteiger partial charge in [-0.2, -0.15) is 13.2 Å². The van der Waals surface area contributed by atoms with Crippen LogP contribution in [0.15, 0.2) is 0 Å². The van der Waals surface area contributed by atoms with E-state index in [-0.39, 0.29) is 11.8 Å². The molecular formula is C11H21F3N2O2S. The van der Waals surface area contributed by atoms with E-state index in [0.29, 0.717) is 38.9 Å². The second-order valence-electron chi connectivity index (χ2n) is 5.10. The van der Waals surface area contributed by atoms with Gasteiger partial charge < -0.3 is 5.32 Å². The molecule has 1 aliphatic rings. The van der Waals surface area contributed by atoms with Gasteiger partial charge in [-0.25, -0.2) is 8.42 Å². The summed E-state index contributed by atoms with van der Waals surface area (Å²) in [6.07, 6.45) is -1.04. The van der Waals surface area contributed by atoms with Gasteiger partial charge >= 0.3 is 6.18 Å². The number of halogens is 3. The van der Waals surface area contributed by atoms with Gasteiger partial charge in [0.2, 0.25) is 0 Å². The van der Waals surface area contributed by atoms with Crippen LogP contribution in [0.25, 0.3) is 0 Å². The molecule has 0 bridgehead atoms. The normalized spacial score (nSPS) is 19.8. The van der Waals surface area contributed by atoms with Gasteiger partial charge in [0.1, 0.15) is 9.84 Å². The highest BCUT2D eigenvalue weighted by Gasteiger charge is 2.32. The molecule has 1 N–H and O–H groups in total. The Morgan fingerprint density at radius 3 is 2.32 bits per heavy atom. The molecule has 1 fully saturated rings. The largest absolute Gasteiger partial charge is 0.401 e. The fourth-order valence-corrected chi connectivity index (χ4v) is 2.86. The van der Waals surface area contributed by atoms with Crippen LogP contribution in [-0.4, -0.2) is 63.7 Å². The number of hydrogen-bond donors (Lipinski definition) is 1. The fourth-order valence-electron chi connectivity index (χ4n) is 2.19. The Labute approximate surface area is 112 Å². The summed E-state index contributed by atoms with van der Waals surface area (Å²) in [5.41, 5.74) is 0. The molecule has 1 aliphatic heterocycles. The molecule has 0 amide bonds. The van der Waals surface area contributed by atoms with Crippen molar-refractivity contribution in [3.05, 3.63) is 0 Å². The van der Waals surface area contributed by atoms with Crippen molar-refractivity contribution in [3.8, 4) is 0 Å². The van der Waals surface area contributed by atoms with Crippen molar-refractivity contribution >= 4 is 9.84 Å². The number of rotatable bonds is 6. The van der Waals surface area contributed by atoms with Crippen molar-refractivity contribution in [2.45, 2.75) is 31.5 Å². The highest BCUT2D eigenvalue weighted by Crippen LogP contribution is 2.19. The van der Waals surface area contributed by atoms with Crippen LogP contribution in [0.4, 0.5) is 13.2 Å². The van der Waals surface area contributed by atoms with Crippen molar-refractivity contribution in [1.29, 1.82) is 0 Å². The Balaban J connectivity index is 2.13. The van der Waals surface area contributed by atoms with Crippen LogP contribution in [0.1, 0.15) is 19.3 Å². The Kier molecular flexibility index (Phi) is 6.07. The first kappa shape index (κ1) is 16.7. The summed E-state index contributed by atoms with van der Waals surface area (Å²) in [5, 5.41) is 3.21. The SMILES string of the molecule is CS(=O)(=O)CCCNC1CCN(CC(F)(F)F)CC1. The summed E-state index contributed by atoms with van der Waals surface area (Å²) in [5.74, 6) is 0.146. The minimum Gasteiger partial charge on any atom is -0.314 e. The number of nitrogens with one attached hydrogen (secondary N) is 1. The van der Waals surface area contributed by atoms with Crippen LogP contribution < -0.4 is 5.32 Å². The quantitative estimate of drug-likeness (QED) is 0.745. The number of piperidine rings is 1. The van der Waals surface area contributed by atoms with Gasteiger partial charge in [0.15, 0.2) is 0 Å². The lowest BCUT2D eigenvalue weighted by Crippen LogP contribution is -2.45. The van der Waals surface area contributed by atoms with E-state index in [1.165, 1.54) is 11.2 Å². The lowest BCUT2D eigenvalue weighted by Gasteiger charge is -2.32. The first-order valence-corrected chi connectivity index (χ1v) is 8.42. The molecule has 0 radical (unpaired) electrons. The third-order valence-corrected chi connectivity index (χ3v) is 4.15. The number of sulfone groups is 1. The maximum Gasteiger partial charge on any atom is 0.401 e. The van der Waals surface area contributed by atoms with Crippen LogP contribution in [0.3, 0.4) is 0 Å². The smallest absolute Gasteiger partial charge is 0.314 e. The Morgan fingerprint density at radius 2 is 1.84 bits per heavy atom. The van der Waals surface area contributed by atoms with Crippen molar-refractivity contribution < 1.29 is 21.6 Å². The predicted octanol–water partition coefficient (Wildman–Crippen LogP) is 1.04. The summed E-state index contributed by atoms with van der Waals surface area (Å²) >= 11 is 0. The molecule has 114 valence electrons. The number of alkyl halides is 3. The van der Waals surface area contributed by atoms with E-state index in [1.54, 1.807) is 0 Å². The van der Waals surface area contributed by atoms with Crippen molar-refractivity contribution in [2.24, 2.45) is 0 Å². The third-order valence-electron chi connectivity index (χ3n) is 3.12. The Bertz CT molecular complexity index is 363. The average Bonchev–Trinajstić information content (AvgIpc) is 2.23. The van der Waals surface area contributed by atoms with Gasteiger partial charge in [-0.05, 0) is 38.9 Å². The standard InChI is InChI=1S/C11H21F3N2O2S/c1-19(17,18)8-2-5-15-10-3-6-16(7-4-10)9-11(12,13)14/h10,15H,2-9H2,1H3. The fraction of sp³-hybridized carbons (Fsp3) is 1.00. The average molecular weight is 302 g/mol. The molecule has 8 heteroatoms. The topological polar surface area (TPSA) is 49.4 Å². The molecule has 0 atom stereocenters. The molecule has 0 aromatic rings. The first-order valence-electron chi connectivity index (χ1n) is 6.36. The van der Waals surface area contributed by atoms with Gasteiger partial charge in [0.25, 0.3) is 0 Å². The van der Waals surface area contributed by atoms with E-state index in [4.69, 9.17) is 0 Å². The summed E-state index contributed by atoms with van der Waals surface area (Å²) < 4.78 is 58.4. The maximum absolute atomic E-state index is 12.2. The third kappa shape index (κ3) is 8.43. The predicted molar refractivity (Wildman–Crippen MR) is 67.8 cm³/mol. The highest BCUT2D eigenvalue weighted by atomic mass is 32.2. The highest BCUT2D eigenvalue weighted by molar-refractivity contribution is 7.90. The van der Waals surface area contributed by atoms with Gasteiger partial charge in [-0.1, -0.05) is 0 Å². The second-order valence-corrected chi connectivity index (χ2v) is 7.36. The van der Waals surface area contributed by atoms with Gasteiger partial charge in [-0.15, -0.1) is 0 Å². The molecule has 1 saturated heterocycles. The lowest BCUT2D eigenvalue weighted by atomic mass is 10.1. The molecule has 0 aromatic heterocycles. The Morgan fingerprint density at radius 1 is 1.26 bits per heavy atom. The number of hydrogen-bond acceptors (Lipinski definition) is 4. The molecule has 1 heterocycles. The summed E-state index contributed by atoms with van der Waals surface area (Å²) in [7, 11) is -2.93. The Hall–Kier alpha value is -0.340. The molecule has 0 unspecified atom stereocenters. The van der Waals surface area contributed by atoms with Gasteiger partial charge in [0, 0.05) is 12.3 Å². The molecule has 1 rings (SSSR count). The number of likely N-dealkylation sites (tertiary alicyclic amines) is 1. The minimum absolute atomic E-state index is 0.146.